The van der Waals surface area contributed by atoms with E-state index in [1.807, 2.05) is 37.3 Å². The highest BCUT2D eigenvalue weighted by atomic mass is 32.2. The molecule has 1 saturated heterocycles. The van der Waals surface area contributed by atoms with Gasteiger partial charge in [0.2, 0.25) is 11.1 Å². The number of imidazole rings is 1. The highest BCUT2D eigenvalue weighted by molar-refractivity contribution is 8.15. The van der Waals surface area contributed by atoms with E-state index in [4.69, 9.17) is 4.74 Å². The second kappa shape index (κ2) is 7.54. The molecule has 6 heteroatoms. The minimum absolute atomic E-state index is 0.00840. The summed E-state index contributed by atoms with van der Waals surface area (Å²) in [5, 5.41) is -0.320. The highest BCUT2D eigenvalue weighted by Crippen LogP contribution is 2.39. The van der Waals surface area contributed by atoms with Crippen molar-refractivity contribution in [3.8, 4) is 0 Å². The Bertz CT molecular complexity index is 754. The molecule has 0 spiro atoms. The Hall–Kier alpha value is -1.92. The molecule has 1 aromatic carbocycles. The molecule has 1 aliphatic rings. The maximum Gasteiger partial charge on any atom is 0.242 e. The molecular formula is C19H21FN2O2S. The maximum absolute atomic E-state index is 14.3. The molecule has 2 aromatic rings. The van der Waals surface area contributed by atoms with Crippen LogP contribution < -0.4 is 0 Å². The van der Waals surface area contributed by atoms with Crippen LogP contribution >= 0.6 is 11.8 Å². The molecule has 4 nitrogen and oxygen atoms in total. The minimum atomic E-state index is -0.730. The van der Waals surface area contributed by atoms with E-state index in [-0.39, 0.29) is 16.9 Å². The van der Waals surface area contributed by atoms with Crippen molar-refractivity contribution < 1.29 is 13.9 Å². The fourth-order valence-electron chi connectivity index (χ4n) is 3.01. The van der Waals surface area contributed by atoms with Gasteiger partial charge >= 0.3 is 0 Å². The first kappa shape index (κ1) is 17.9. The van der Waals surface area contributed by atoms with Crippen molar-refractivity contribution in [1.82, 2.24) is 9.55 Å². The van der Waals surface area contributed by atoms with Crippen LogP contribution in [0.4, 0.5) is 4.39 Å². The molecule has 1 fully saturated rings. The quantitative estimate of drug-likeness (QED) is 0.748. The molecule has 0 aliphatic carbocycles. The van der Waals surface area contributed by atoms with E-state index in [0.717, 1.165) is 17.3 Å². The molecule has 0 unspecified atom stereocenters. The van der Waals surface area contributed by atoms with E-state index in [1.165, 1.54) is 6.33 Å². The third-order valence-corrected chi connectivity index (χ3v) is 6.01. The summed E-state index contributed by atoms with van der Waals surface area (Å²) >= 11 is 1.13. The lowest BCUT2D eigenvalue weighted by Crippen LogP contribution is -2.32. The number of hydrogen-bond donors (Lipinski definition) is 0. The van der Waals surface area contributed by atoms with Gasteiger partial charge in [-0.1, -0.05) is 48.2 Å². The van der Waals surface area contributed by atoms with Gasteiger partial charge in [0, 0.05) is 18.0 Å². The molecule has 0 saturated carbocycles. The number of hydrogen-bond acceptors (Lipinski definition) is 4. The number of rotatable bonds is 5. The average Bonchev–Trinajstić information content (AvgIpc) is 3.04. The van der Waals surface area contributed by atoms with E-state index in [9.17, 15) is 9.18 Å². The number of thioether (sulfide) groups is 1. The van der Waals surface area contributed by atoms with Crippen LogP contribution in [0.1, 0.15) is 41.9 Å². The minimum Gasteiger partial charge on any atom is -0.381 e. The van der Waals surface area contributed by atoms with Crippen LogP contribution in [0.5, 0.6) is 0 Å². The zero-order valence-electron chi connectivity index (χ0n) is 14.2. The summed E-state index contributed by atoms with van der Waals surface area (Å²) < 4.78 is 20.9. The Balaban J connectivity index is 1.88. The van der Waals surface area contributed by atoms with E-state index in [1.54, 1.807) is 10.6 Å². The predicted octanol–water partition coefficient (Wildman–Crippen LogP) is 4.24. The lowest BCUT2D eigenvalue weighted by molar-refractivity contribution is 0.0866. The number of nitrogens with zero attached hydrogens (tertiary/aromatic N) is 2. The summed E-state index contributed by atoms with van der Waals surface area (Å²) in [6.07, 6.45) is 4.57. The van der Waals surface area contributed by atoms with Crippen molar-refractivity contribution in [1.29, 1.82) is 0 Å². The normalized spacial score (nSPS) is 17.8. The van der Waals surface area contributed by atoms with Gasteiger partial charge in [0.25, 0.3) is 0 Å². The zero-order chi connectivity index (χ0) is 17.9. The Morgan fingerprint density at radius 3 is 2.72 bits per heavy atom. The van der Waals surface area contributed by atoms with E-state index < -0.39 is 10.7 Å². The van der Waals surface area contributed by atoms with E-state index in [2.05, 4.69) is 11.6 Å². The number of halogens is 1. The van der Waals surface area contributed by atoms with Gasteiger partial charge in [-0.25, -0.2) is 4.98 Å². The van der Waals surface area contributed by atoms with Crippen molar-refractivity contribution in [3.63, 3.8) is 0 Å². The van der Waals surface area contributed by atoms with Crippen LogP contribution in [-0.2, 0) is 4.74 Å². The van der Waals surface area contributed by atoms with Crippen LogP contribution in [0.2, 0.25) is 0 Å². The fraction of sp³-hybridized carbons (Fsp3) is 0.368. The van der Waals surface area contributed by atoms with Gasteiger partial charge in [0.15, 0.2) is 5.69 Å². The molecule has 1 aromatic heterocycles. The van der Waals surface area contributed by atoms with Crippen molar-refractivity contribution >= 4 is 16.9 Å². The molecule has 2 heterocycles. The topological polar surface area (TPSA) is 44.1 Å². The van der Waals surface area contributed by atoms with Crippen molar-refractivity contribution in [3.05, 3.63) is 66.5 Å². The number of aromatic nitrogens is 2. The number of ether oxygens (including phenoxy) is 1. The maximum atomic E-state index is 14.3. The molecule has 132 valence electrons. The van der Waals surface area contributed by atoms with Crippen LogP contribution in [0.15, 0.2) is 49.3 Å². The largest absolute Gasteiger partial charge is 0.381 e. The molecule has 1 atom stereocenters. The van der Waals surface area contributed by atoms with Gasteiger partial charge in [0.05, 0.1) is 12.4 Å². The monoisotopic (exact) mass is 360 g/mol. The summed E-state index contributed by atoms with van der Waals surface area (Å²) in [7, 11) is 0. The van der Waals surface area contributed by atoms with Crippen LogP contribution in [0.3, 0.4) is 0 Å². The molecule has 0 radical (unpaired) electrons. The molecule has 0 N–H and O–H groups in total. The third-order valence-electron chi connectivity index (χ3n) is 4.65. The summed E-state index contributed by atoms with van der Waals surface area (Å²) in [6.45, 7) is 6.96. The van der Waals surface area contributed by atoms with E-state index >= 15 is 0 Å². The third kappa shape index (κ3) is 3.70. The summed E-state index contributed by atoms with van der Waals surface area (Å²) in [4.78, 5) is 16.6. The number of carbonyl (C=O) groups is 1. The first-order valence-electron chi connectivity index (χ1n) is 8.28. The Kier molecular flexibility index (Phi) is 5.39. The molecule has 0 amide bonds. The lowest BCUT2D eigenvalue weighted by atomic mass is 9.99. The van der Waals surface area contributed by atoms with Crippen LogP contribution in [0.25, 0.3) is 0 Å². The first-order valence-corrected chi connectivity index (χ1v) is 9.10. The van der Waals surface area contributed by atoms with Gasteiger partial charge in [-0.05, 0) is 25.3 Å². The SMILES string of the molecule is C=CC1(SC(=O)c2c(F)ncn2[C@H](C)c2ccccc2)CCOCC1. The summed E-state index contributed by atoms with van der Waals surface area (Å²) in [5.74, 6) is -0.730. The Labute approximate surface area is 151 Å². The number of benzene rings is 1. The molecule has 25 heavy (non-hydrogen) atoms. The standard InChI is InChI=1S/C19H21FN2O2S/c1-3-19(9-11-24-12-10-19)25-18(23)16-17(20)21-13-22(16)14(2)15-7-5-4-6-8-15/h3-8,13-14H,1,9-12H2,2H3/t14-/m1/s1. The predicted molar refractivity (Wildman–Crippen MR) is 97.3 cm³/mol. The number of carbonyl (C=O) groups excluding carboxylic acids is 1. The van der Waals surface area contributed by atoms with Crippen molar-refractivity contribution in [2.45, 2.75) is 30.6 Å². The first-order chi connectivity index (χ1) is 12.1. The second-order valence-electron chi connectivity index (χ2n) is 6.15. The second-order valence-corrected chi connectivity index (χ2v) is 7.54. The fourth-order valence-corrected chi connectivity index (χ4v) is 4.12. The average molecular weight is 360 g/mol. The zero-order valence-corrected chi connectivity index (χ0v) is 15.0. The summed E-state index contributed by atoms with van der Waals surface area (Å²) in [5.41, 5.74) is 0.998. The van der Waals surface area contributed by atoms with Gasteiger partial charge in [-0.3, -0.25) is 4.79 Å². The van der Waals surface area contributed by atoms with E-state index in [0.29, 0.717) is 26.1 Å². The van der Waals surface area contributed by atoms with Gasteiger partial charge in [0.1, 0.15) is 0 Å². The molecular weight excluding hydrogens is 339 g/mol. The summed E-state index contributed by atoms with van der Waals surface area (Å²) in [6, 6.07) is 9.48. The van der Waals surface area contributed by atoms with Crippen LogP contribution in [0, 0.1) is 5.95 Å². The van der Waals surface area contributed by atoms with Crippen LogP contribution in [-0.4, -0.2) is 32.6 Å². The lowest BCUT2D eigenvalue weighted by Gasteiger charge is -2.32. The Morgan fingerprint density at radius 1 is 1.40 bits per heavy atom. The van der Waals surface area contributed by atoms with Gasteiger partial charge < -0.3 is 9.30 Å². The van der Waals surface area contributed by atoms with Gasteiger partial charge in [-0.2, -0.15) is 4.39 Å². The van der Waals surface area contributed by atoms with Gasteiger partial charge in [-0.15, -0.1) is 6.58 Å². The molecule has 3 rings (SSSR count). The van der Waals surface area contributed by atoms with Crippen molar-refractivity contribution in [2.75, 3.05) is 13.2 Å². The molecule has 0 bridgehead atoms. The smallest absolute Gasteiger partial charge is 0.242 e. The van der Waals surface area contributed by atoms with Crippen molar-refractivity contribution in [2.24, 2.45) is 0 Å². The Morgan fingerprint density at radius 2 is 2.08 bits per heavy atom. The highest BCUT2D eigenvalue weighted by Gasteiger charge is 2.35. The molecule has 1 aliphatic heterocycles.